The van der Waals surface area contributed by atoms with Crippen molar-refractivity contribution < 1.29 is 4.39 Å². The van der Waals surface area contributed by atoms with Crippen LogP contribution in [0.15, 0.2) is 27.4 Å². The quantitative estimate of drug-likeness (QED) is 0.879. The molecule has 0 saturated carbocycles. The van der Waals surface area contributed by atoms with Gasteiger partial charge in [-0.1, -0.05) is 36.1 Å². The van der Waals surface area contributed by atoms with Crippen molar-refractivity contribution in [1.82, 2.24) is 15.5 Å². The van der Waals surface area contributed by atoms with Gasteiger partial charge in [-0.2, -0.15) is 0 Å². The maximum absolute atomic E-state index is 14.2. The van der Waals surface area contributed by atoms with E-state index >= 15 is 0 Å². The molecule has 0 aliphatic carbocycles. The van der Waals surface area contributed by atoms with Gasteiger partial charge in [0.2, 0.25) is 5.13 Å². The zero-order valence-electron chi connectivity index (χ0n) is 12.6. The summed E-state index contributed by atoms with van der Waals surface area (Å²) in [4.78, 5) is 2.79. The summed E-state index contributed by atoms with van der Waals surface area (Å²) in [6.45, 7) is 4.78. The van der Waals surface area contributed by atoms with E-state index in [4.69, 9.17) is 0 Å². The maximum Gasteiger partial charge on any atom is 0.208 e. The average molecular weight is 326 g/mol. The van der Waals surface area contributed by atoms with E-state index in [9.17, 15) is 4.39 Å². The zero-order valence-corrected chi connectivity index (χ0v) is 14.2. The van der Waals surface area contributed by atoms with Gasteiger partial charge in [0, 0.05) is 30.6 Å². The number of nitrogens with zero attached hydrogens (tertiary/aromatic N) is 3. The molecule has 0 bridgehead atoms. The number of hydrogen-bond donors (Lipinski definition) is 1. The molecule has 7 heteroatoms. The molecule has 0 fully saturated rings. The third-order valence-corrected chi connectivity index (χ3v) is 5.15. The molecule has 2 aromatic rings. The minimum atomic E-state index is -0.189. The molecule has 1 heterocycles. The molecule has 0 spiro atoms. The summed E-state index contributed by atoms with van der Waals surface area (Å²) in [5.41, 5.74) is 0.686. The highest BCUT2D eigenvalue weighted by Gasteiger charge is 2.17. The molecular formula is C14H19FN4S2. The average Bonchev–Trinajstić information content (AvgIpc) is 2.88. The fourth-order valence-corrected chi connectivity index (χ4v) is 3.92. The van der Waals surface area contributed by atoms with Crippen molar-refractivity contribution >= 4 is 28.2 Å². The van der Waals surface area contributed by atoms with Gasteiger partial charge in [-0.3, -0.25) is 0 Å². The van der Waals surface area contributed by atoms with Crippen molar-refractivity contribution in [3.8, 4) is 0 Å². The van der Waals surface area contributed by atoms with Gasteiger partial charge in [0.05, 0.1) is 0 Å². The van der Waals surface area contributed by atoms with E-state index in [2.05, 4.69) is 15.5 Å². The standard InChI is InChI=1S/C14H19FN4S2/c1-5-16-9(2)12-10(15)7-6-8-11(12)20-14-18-17-13(21-14)19(3)4/h6-9,16H,5H2,1-4H3. The highest BCUT2D eigenvalue weighted by atomic mass is 32.2. The van der Waals surface area contributed by atoms with Gasteiger partial charge in [-0.05, 0) is 25.6 Å². The van der Waals surface area contributed by atoms with Crippen LogP contribution in [0, 0.1) is 5.82 Å². The van der Waals surface area contributed by atoms with E-state index in [1.54, 1.807) is 6.07 Å². The van der Waals surface area contributed by atoms with Crippen LogP contribution in [0.5, 0.6) is 0 Å². The van der Waals surface area contributed by atoms with Crippen LogP contribution in [-0.4, -0.2) is 30.8 Å². The number of aromatic nitrogens is 2. The van der Waals surface area contributed by atoms with Crippen LogP contribution in [0.3, 0.4) is 0 Å². The SMILES string of the molecule is CCNC(C)c1c(F)cccc1Sc1nnc(N(C)C)s1. The van der Waals surface area contributed by atoms with Crippen LogP contribution < -0.4 is 10.2 Å². The maximum atomic E-state index is 14.2. The Hall–Kier alpha value is -1.18. The Labute approximate surface area is 132 Å². The highest BCUT2D eigenvalue weighted by molar-refractivity contribution is 8.01. The van der Waals surface area contributed by atoms with Gasteiger partial charge in [0.25, 0.3) is 0 Å². The van der Waals surface area contributed by atoms with Crippen molar-refractivity contribution in [1.29, 1.82) is 0 Å². The van der Waals surface area contributed by atoms with Gasteiger partial charge in [-0.25, -0.2) is 4.39 Å². The number of nitrogens with one attached hydrogen (secondary N) is 1. The fraction of sp³-hybridized carbons (Fsp3) is 0.429. The summed E-state index contributed by atoms with van der Waals surface area (Å²) in [5.74, 6) is -0.189. The number of hydrogen-bond acceptors (Lipinski definition) is 6. The summed E-state index contributed by atoms with van der Waals surface area (Å²) in [6.07, 6.45) is 0. The molecular weight excluding hydrogens is 307 g/mol. The second-order valence-electron chi connectivity index (χ2n) is 4.78. The normalized spacial score (nSPS) is 12.4. The molecule has 0 radical (unpaired) electrons. The number of halogens is 1. The van der Waals surface area contributed by atoms with Crippen molar-refractivity contribution in [2.24, 2.45) is 0 Å². The van der Waals surface area contributed by atoms with Crippen molar-refractivity contribution in [2.75, 3.05) is 25.5 Å². The lowest BCUT2D eigenvalue weighted by atomic mass is 10.1. The Morgan fingerprint density at radius 1 is 1.38 bits per heavy atom. The molecule has 21 heavy (non-hydrogen) atoms. The first-order chi connectivity index (χ1) is 10.0. The van der Waals surface area contributed by atoms with E-state index < -0.39 is 0 Å². The minimum Gasteiger partial charge on any atom is -0.353 e. The molecule has 4 nitrogen and oxygen atoms in total. The summed E-state index contributed by atoms with van der Waals surface area (Å²) in [7, 11) is 3.85. The first-order valence-corrected chi connectivity index (χ1v) is 8.36. The second-order valence-corrected chi connectivity index (χ2v) is 7.02. The Kier molecular flexibility index (Phi) is 5.55. The van der Waals surface area contributed by atoms with Crippen LogP contribution in [0.4, 0.5) is 9.52 Å². The summed E-state index contributed by atoms with van der Waals surface area (Å²) < 4.78 is 15.0. The van der Waals surface area contributed by atoms with Crippen LogP contribution in [0.1, 0.15) is 25.5 Å². The van der Waals surface area contributed by atoms with E-state index in [1.165, 1.54) is 29.2 Å². The molecule has 0 saturated heterocycles. The van der Waals surface area contributed by atoms with E-state index in [0.29, 0.717) is 5.56 Å². The third kappa shape index (κ3) is 3.93. The smallest absolute Gasteiger partial charge is 0.208 e. The first-order valence-electron chi connectivity index (χ1n) is 6.73. The predicted molar refractivity (Wildman–Crippen MR) is 86.9 cm³/mol. The lowest BCUT2D eigenvalue weighted by molar-refractivity contribution is 0.531. The highest BCUT2D eigenvalue weighted by Crippen LogP contribution is 2.37. The largest absolute Gasteiger partial charge is 0.353 e. The molecule has 1 atom stereocenters. The summed E-state index contributed by atoms with van der Waals surface area (Å²) in [6, 6.07) is 5.11. The number of rotatable bonds is 6. The Balaban J connectivity index is 2.28. The Morgan fingerprint density at radius 3 is 2.76 bits per heavy atom. The van der Waals surface area contributed by atoms with Crippen LogP contribution >= 0.6 is 23.1 Å². The van der Waals surface area contributed by atoms with Crippen molar-refractivity contribution in [2.45, 2.75) is 29.1 Å². The lowest BCUT2D eigenvalue weighted by Gasteiger charge is -2.17. The molecule has 1 unspecified atom stereocenters. The van der Waals surface area contributed by atoms with Gasteiger partial charge in [-0.15, -0.1) is 10.2 Å². The molecule has 0 amide bonds. The Morgan fingerprint density at radius 2 is 2.14 bits per heavy atom. The molecule has 1 N–H and O–H groups in total. The monoisotopic (exact) mass is 326 g/mol. The number of anilines is 1. The number of benzene rings is 1. The zero-order chi connectivity index (χ0) is 15.4. The van der Waals surface area contributed by atoms with E-state index in [1.807, 2.05) is 38.9 Å². The molecule has 2 rings (SSSR count). The van der Waals surface area contributed by atoms with Crippen molar-refractivity contribution in [3.05, 3.63) is 29.6 Å². The summed E-state index contributed by atoms with van der Waals surface area (Å²) >= 11 is 2.96. The van der Waals surface area contributed by atoms with Gasteiger partial charge >= 0.3 is 0 Å². The first kappa shape index (κ1) is 16.2. The second kappa shape index (κ2) is 7.20. The summed E-state index contributed by atoms with van der Waals surface area (Å²) in [5, 5.41) is 12.4. The molecule has 0 aliphatic rings. The molecule has 114 valence electrons. The van der Waals surface area contributed by atoms with Crippen LogP contribution in [0.25, 0.3) is 0 Å². The molecule has 0 aliphatic heterocycles. The van der Waals surface area contributed by atoms with Crippen LogP contribution in [0.2, 0.25) is 0 Å². The lowest BCUT2D eigenvalue weighted by Crippen LogP contribution is -2.19. The van der Waals surface area contributed by atoms with Gasteiger partial charge in [0.1, 0.15) is 5.82 Å². The van der Waals surface area contributed by atoms with Crippen LogP contribution in [-0.2, 0) is 0 Å². The van der Waals surface area contributed by atoms with Crippen molar-refractivity contribution in [3.63, 3.8) is 0 Å². The predicted octanol–water partition coefficient (Wildman–Crippen LogP) is 3.56. The van der Waals surface area contributed by atoms with E-state index in [-0.39, 0.29) is 11.9 Å². The van der Waals surface area contributed by atoms with Gasteiger partial charge < -0.3 is 10.2 Å². The fourth-order valence-electron chi connectivity index (χ4n) is 1.95. The Bertz CT molecular complexity index is 600. The molecule has 1 aromatic heterocycles. The van der Waals surface area contributed by atoms with Gasteiger partial charge in [0.15, 0.2) is 4.34 Å². The van der Waals surface area contributed by atoms with E-state index in [0.717, 1.165) is 20.9 Å². The molecule has 1 aromatic carbocycles. The minimum absolute atomic E-state index is 0.0417. The topological polar surface area (TPSA) is 41.1 Å². The third-order valence-electron chi connectivity index (χ3n) is 2.93.